The lowest BCUT2D eigenvalue weighted by Gasteiger charge is -2.13. The van der Waals surface area contributed by atoms with Crippen molar-refractivity contribution < 1.29 is 38.4 Å². The second kappa shape index (κ2) is 46.9. The smallest absolute Gasteiger partial charge is 0.323 e. The summed E-state index contributed by atoms with van der Waals surface area (Å²) in [7, 11) is 0. The summed E-state index contributed by atoms with van der Waals surface area (Å²) in [5.74, 6) is 0. The molecule has 0 spiro atoms. The molecule has 36 heteroatoms. The maximum Gasteiger partial charge on any atom is 0.323 e. The normalized spacial score (nSPS) is 10.3. The molecular weight excluding hydrogens is 1990 g/mol. The van der Waals surface area contributed by atoms with Gasteiger partial charge < -0.3 is 85.1 Å². The molecule has 0 saturated carbocycles. The molecule has 0 heterocycles. The number of hydrogen-bond acceptors (Lipinski definition) is 8. The zero-order valence-corrected chi connectivity index (χ0v) is 76.7. The third kappa shape index (κ3) is 33.5. The summed E-state index contributed by atoms with van der Waals surface area (Å²) < 4.78 is 3.29. The molecule has 24 nitrogen and oxygen atoms in total. The summed E-state index contributed by atoms with van der Waals surface area (Å²) in [5.41, 5.74) is 13.7. The van der Waals surface area contributed by atoms with Crippen molar-refractivity contribution in [1.29, 1.82) is 0 Å². The molecule has 12 rings (SSSR count). The fourth-order valence-corrected chi connectivity index (χ4v) is 15.3. The maximum absolute atomic E-state index is 12.3. The molecule has 0 aromatic heterocycles. The van der Waals surface area contributed by atoms with Gasteiger partial charge in [0.05, 0.1) is 11.4 Å². The first-order valence-corrected chi connectivity index (χ1v) is 42.2. The summed E-state index contributed by atoms with van der Waals surface area (Å²) in [6.45, 7) is 8.49. The standard InChI is InChI=1S/C24H26N4O2.C22H18Cl4N4O2.C20H14Br4N4O2.C20H14Cl4N4O2/c1-15-8-10-21(17(3)12-15)27-23(29)25-19-6-5-7-20(14-19)26-24(30)28-22-11-9-16(2)13-18(22)4;23-15-5-16(24)8-19(7-15)29-21(31)27-11-13-2-1-3-14(4-13)12-28-22(32)30-20-9-17(25)6-18(26)10-20;21-11-4-6-17(15(23)8-11)27-19(29)25-13-2-1-3-14(10-13)26-20(30)28-18-7-5-12(22)9-16(18)24;21-11-4-12(22)7-17(6-11)27-19(29)25-15-2-1-3-16(10-15)26-20(30)28-18-8-13(23)5-14(24)9-18/h5-14H,1-4H3,(H2,25,27,29)(H2,26,28,30);1-10H,11-12H2,(H2,27,29,31)(H2,28,30,32);2*1-10H,(H2,25,27,29)(H2,26,28,30). The monoisotopic (exact) mass is 2050 g/mol. The second-order valence-electron chi connectivity index (χ2n) is 26.2. The van der Waals surface area contributed by atoms with Crippen LogP contribution in [0.15, 0.2) is 261 Å². The Balaban J connectivity index is 0.000000185. The lowest BCUT2D eigenvalue weighted by molar-refractivity contribution is 0.251. The summed E-state index contributed by atoms with van der Waals surface area (Å²) >= 11 is 61.0. The Morgan fingerprint density at radius 3 is 0.721 bits per heavy atom. The third-order valence-electron chi connectivity index (χ3n) is 16.1. The Bertz CT molecular complexity index is 5280. The van der Waals surface area contributed by atoms with Gasteiger partial charge in [-0.15, -0.1) is 0 Å². The lowest BCUT2D eigenvalue weighted by Crippen LogP contribution is -2.29. The molecular formula is C86H72Br4Cl8N16O8. The molecule has 12 aromatic rings. The molecule has 122 heavy (non-hydrogen) atoms. The molecule has 628 valence electrons. The second-order valence-corrected chi connectivity index (χ2v) is 33.2. The molecule has 16 N–H and O–H groups in total. The molecule has 0 aliphatic heterocycles. The molecule has 12 aromatic carbocycles. The highest BCUT2D eigenvalue weighted by atomic mass is 79.9. The molecule has 16 amide bonds. The molecule has 0 unspecified atom stereocenters. The van der Waals surface area contributed by atoms with Crippen LogP contribution in [0.3, 0.4) is 0 Å². The van der Waals surface area contributed by atoms with Gasteiger partial charge in [0.25, 0.3) is 0 Å². The van der Waals surface area contributed by atoms with Gasteiger partial charge in [0.2, 0.25) is 0 Å². The fourth-order valence-electron chi connectivity index (χ4n) is 10.9. The number of rotatable bonds is 18. The van der Waals surface area contributed by atoms with Crippen molar-refractivity contribution in [2.75, 3.05) is 74.4 Å². The number of nitrogens with one attached hydrogen (secondary N) is 16. The van der Waals surface area contributed by atoms with E-state index in [1.807, 2.05) is 113 Å². The zero-order valence-electron chi connectivity index (χ0n) is 64.3. The quantitative estimate of drug-likeness (QED) is 0.0391. The first-order chi connectivity index (χ1) is 58.1. The number of anilines is 14. The molecule has 0 fully saturated rings. The van der Waals surface area contributed by atoms with E-state index in [0.717, 1.165) is 62.6 Å². The van der Waals surface area contributed by atoms with Gasteiger partial charge in [0.1, 0.15) is 0 Å². The van der Waals surface area contributed by atoms with Gasteiger partial charge in [0.15, 0.2) is 0 Å². The van der Waals surface area contributed by atoms with Crippen LogP contribution in [0.5, 0.6) is 0 Å². The number of carbonyl (C=O) groups is 8. The van der Waals surface area contributed by atoms with Crippen molar-refractivity contribution in [2.45, 2.75) is 40.8 Å². The highest BCUT2D eigenvalue weighted by Gasteiger charge is 2.16. The van der Waals surface area contributed by atoms with Crippen molar-refractivity contribution in [1.82, 2.24) is 10.6 Å². The van der Waals surface area contributed by atoms with Crippen molar-refractivity contribution in [3.05, 3.63) is 334 Å². The Hall–Kier alpha value is -11.0. The van der Waals surface area contributed by atoms with Crippen LogP contribution in [0.25, 0.3) is 0 Å². The van der Waals surface area contributed by atoms with Crippen molar-refractivity contribution in [3.8, 4) is 0 Å². The molecule has 0 saturated heterocycles. The van der Waals surface area contributed by atoms with Crippen LogP contribution < -0.4 is 85.1 Å². The minimum absolute atomic E-state index is 0.293. The maximum atomic E-state index is 12.3. The zero-order chi connectivity index (χ0) is 88.1. The minimum Gasteiger partial charge on any atom is -0.334 e. The van der Waals surface area contributed by atoms with Crippen LogP contribution in [0.4, 0.5) is 118 Å². The van der Waals surface area contributed by atoms with Gasteiger partial charge in [-0.2, -0.15) is 0 Å². The van der Waals surface area contributed by atoms with Gasteiger partial charge in [0, 0.05) is 139 Å². The first-order valence-electron chi connectivity index (χ1n) is 36.0. The number of hydrogen-bond donors (Lipinski definition) is 16. The van der Waals surface area contributed by atoms with Gasteiger partial charge in [-0.25, -0.2) is 38.4 Å². The van der Waals surface area contributed by atoms with Crippen molar-refractivity contribution in [2.24, 2.45) is 0 Å². The predicted molar refractivity (Wildman–Crippen MR) is 515 cm³/mol. The highest BCUT2D eigenvalue weighted by Crippen LogP contribution is 2.32. The Morgan fingerprint density at radius 2 is 0.459 bits per heavy atom. The predicted octanol–water partition coefficient (Wildman–Crippen LogP) is 28.8. The van der Waals surface area contributed by atoms with Crippen LogP contribution in [-0.2, 0) is 13.1 Å². The van der Waals surface area contributed by atoms with Crippen LogP contribution >= 0.6 is 157 Å². The average Bonchev–Trinajstić information content (AvgIpc) is 0.856. The van der Waals surface area contributed by atoms with Crippen LogP contribution in [0, 0.1) is 27.7 Å². The van der Waals surface area contributed by atoms with E-state index in [0.29, 0.717) is 122 Å². The van der Waals surface area contributed by atoms with E-state index < -0.39 is 36.2 Å². The molecule has 0 bridgehead atoms. The number of amides is 16. The van der Waals surface area contributed by atoms with E-state index in [4.69, 9.17) is 92.8 Å². The number of benzene rings is 12. The lowest BCUT2D eigenvalue weighted by atomic mass is 10.1. The number of carbonyl (C=O) groups excluding carboxylic acids is 8. The van der Waals surface area contributed by atoms with Crippen LogP contribution in [0.2, 0.25) is 40.2 Å². The van der Waals surface area contributed by atoms with Gasteiger partial charge in [-0.1, -0.05) is 203 Å². The SMILES string of the molecule is Cc1ccc(NC(=O)Nc2cccc(NC(=O)Nc3ccc(C)cc3C)c2)c(C)c1.O=C(NCc1cccc(CNC(=O)Nc2cc(Cl)cc(Cl)c2)c1)Nc1cc(Cl)cc(Cl)c1.O=C(Nc1cc(Cl)cc(Cl)c1)Nc1cccc(NC(=O)Nc2cc(Cl)cc(Cl)c2)c1.O=C(Nc1cccc(NC(=O)Nc2ccc(Br)cc2Br)c1)Nc1ccc(Br)cc1Br. The topological polar surface area (TPSA) is 329 Å². The number of urea groups is 8. The summed E-state index contributed by atoms with van der Waals surface area (Å²) in [6.07, 6.45) is 0. The van der Waals surface area contributed by atoms with E-state index in [9.17, 15) is 38.4 Å². The number of aryl methyl sites for hydroxylation is 4. The van der Waals surface area contributed by atoms with E-state index >= 15 is 0 Å². The minimum atomic E-state index is -0.497. The molecule has 0 aliphatic rings. The Morgan fingerprint density at radius 1 is 0.230 bits per heavy atom. The van der Waals surface area contributed by atoms with Gasteiger partial charge in [-0.05, 0) is 258 Å². The third-order valence-corrected chi connectivity index (χ3v) is 20.2. The molecule has 0 aliphatic carbocycles. The van der Waals surface area contributed by atoms with Crippen molar-refractivity contribution in [3.63, 3.8) is 0 Å². The Kier molecular flexibility index (Phi) is 36.5. The van der Waals surface area contributed by atoms with E-state index in [-0.39, 0.29) is 12.1 Å². The first kappa shape index (κ1) is 94.9. The summed E-state index contributed by atoms with van der Waals surface area (Å²) in [6, 6.07) is 66.1. The van der Waals surface area contributed by atoms with E-state index in [1.54, 1.807) is 158 Å². The van der Waals surface area contributed by atoms with Gasteiger partial charge in [-0.3, -0.25) is 0 Å². The fraction of sp³-hybridized carbons (Fsp3) is 0.0698. The summed E-state index contributed by atoms with van der Waals surface area (Å²) in [5, 5.41) is 47.0. The van der Waals surface area contributed by atoms with Crippen LogP contribution in [-0.4, -0.2) is 48.2 Å². The summed E-state index contributed by atoms with van der Waals surface area (Å²) in [4.78, 5) is 98.0. The number of halogens is 12. The largest absolute Gasteiger partial charge is 0.334 e. The average molecular weight is 2060 g/mol. The highest BCUT2D eigenvalue weighted by molar-refractivity contribution is 9.11. The van der Waals surface area contributed by atoms with E-state index in [1.165, 1.54) is 0 Å². The van der Waals surface area contributed by atoms with Crippen LogP contribution in [0.1, 0.15) is 33.4 Å². The van der Waals surface area contributed by atoms with Gasteiger partial charge >= 0.3 is 48.2 Å². The molecule has 0 atom stereocenters. The van der Waals surface area contributed by atoms with Crippen molar-refractivity contribution >= 4 is 284 Å². The Labute approximate surface area is 775 Å². The molecule has 0 radical (unpaired) electrons. The van der Waals surface area contributed by atoms with E-state index in [2.05, 4.69) is 149 Å².